The third-order valence-electron chi connectivity index (χ3n) is 2.01. The van der Waals surface area contributed by atoms with Gasteiger partial charge in [-0.3, -0.25) is 0 Å². The third kappa shape index (κ3) is 1.17. The van der Waals surface area contributed by atoms with Gasteiger partial charge >= 0.3 is 0 Å². The molecule has 1 heterocycles. The van der Waals surface area contributed by atoms with Gasteiger partial charge in [-0.15, -0.1) is 5.10 Å². The molecule has 14 heavy (non-hydrogen) atoms. The molecule has 0 aliphatic carbocycles. The Bertz CT molecular complexity index is 501. The zero-order valence-electron chi connectivity index (χ0n) is 7.55. The van der Waals surface area contributed by atoms with Gasteiger partial charge in [-0.1, -0.05) is 10.4 Å². The molecule has 0 amide bonds. The topological polar surface area (TPSA) is 89.3 Å². The van der Waals surface area contributed by atoms with Gasteiger partial charge in [-0.05, 0) is 18.2 Å². The van der Waals surface area contributed by atoms with Crippen LogP contribution >= 0.6 is 0 Å². The van der Waals surface area contributed by atoms with Gasteiger partial charge in [0.1, 0.15) is 5.52 Å². The van der Waals surface area contributed by atoms with Crippen LogP contribution in [-0.2, 0) is 7.05 Å². The lowest BCUT2D eigenvalue weighted by Crippen LogP contribution is -2.12. The molecule has 72 valence electrons. The van der Waals surface area contributed by atoms with Crippen molar-refractivity contribution in [3.63, 3.8) is 0 Å². The summed E-state index contributed by atoms with van der Waals surface area (Å²) in [4.78, 5) is 0. The monoisotopic (exact) mass is 191 g/mol. The van der Waals surface area contributed by atoms with Gasteiger partial charge in [0.2, 0.25) is 0 Å². The van der Waals surface area contributed by atoms with E-state index in [0.29, 0.717) is 5.56 Å². The second-order valence-electron chi connectivity index (χ2n) is 2.90. The van der Waals surface area contributed by atoms with Crippen molar-refractivity contribution in [2.75, 3.05) is 0 Å². The minimum absolute atomic E-state index is 0.0672. The van der Waals surface area contributed by atoms with Gasteiger partial charge in [0.15, 0.2) is 5.84 Å². The summed E-state index contributed by atoms with van der Waals surface area (Å²) >= 11 is 0. The first-order valence-corrected chi connectivity index (χ1v) is 3.99. The van der Waals surface area contributed by atoms with Gasteiger partial charge in [-0.25, -0.2) is 4.68 Å². The lowest BCUT2D eigenvalue weighted by molar-refractivity contribution is 0.318. The minimum atomic E-state index is 0.0672. The first-order valence-electron chi connectivity index (χ1n) is 3.99. The maximum absolute atomic E-state index is 8.49. The molecular formula is C8H9N5O. The van der Waals surface area contributed by atoms with E-state index in [1.807, 2.05) is 6.07 Å². The lowest BCUT2D eigenvalue weighted by atomic mass is 10.2. The molecule has 1 aromatic carbocycles. The first kappa shape index (κ1) is 8.49. The van der Waals surface area contributed by atoms with Crippen LogP contribution in [0.5, 0.6) is 0 Å². The van der Waals surface area contributed by atoms with Crippen molar-refractivity contribution >= 4 is 16.9 Å². The number of fused-ring (bicyclic) bond motifs is 1. The van der Waals surface area contributed by atoms with E-state index in [-0.39, 0.29) is 5.84 Å². The number of benzene rings is 1. The van der Waals surface area contributed by atoms with Crippen molar-refractivity contribution in [3.05, 3.63) is 23.8 Å². The molecular weight excluding hydrogens is 182 g/mol. The number of aromatic nitrogens is 3. The van der Waals surface area contributed by atoms with Gasteiger partial charge in [-0.2, -0.15) is 0 Å². The van der Waals surface area contributed by atoms with Crippen LogP contribution in [0.1, 0.15) is 5.56 Å². The van der Waals surface area contributed by atoms with Crippen molar-refractivity contribution in [3.8, 4) is 0 Å². The summed E-state index contributed by atoms with van der Waals surface area (Å²) in [6.07, 6.45) is 0. The van der Waals surface area contributed by atoms with Gasteiger partial charge < -0.3 is 10.9 Å². The van der Waals surface area contributed by atoms with Crippen LogP contribution in [0.3, 0.4) is 0 Å². The van der Waals surface area contributed by atoms with Gasteiger partial charge in [0.25, 0.3) is 0 Å². The predicted molar refractivity (Wildman–Crippen MR) is 51.0 cm³/mol. The summed E-state index contributed by atoms with van der Waals surface area (Å²) < 4.78 is 1.66. The maximum atomic E-state index is 8.49. The van der Waals surface area contributed by atoms with Crippen LogP contribution < -0.4 is 5.73 Å². The molecule has 0 radical (unpaired) electrons. The predicted octanol–water partition coefficient (Wildman–Crippen LogP) is 0.0628. The summed E-state index contributed by atoms with van der Waals surface area (Å²) in [5.41, 5.74) is 7.68. The zero-order chi connectivity index (χ0) is 10.1. The molecule has 0 saturated heterocycles. The molecule has 1 aromatic heterocycles. The summed E-state index contributed by atoms with van der Waals surface area (Å²) in [6, 6.07) is 5.29. The maximum Gasteiger partial charge on any atom is 0.170 e. The Morgan fingerprint density at radius 2 is 2.36 bits per heavy atom. The van der Waals surface area contributed by atoms with Crippen molar-refractivity contribution in [1.82, 2.24) is 15.0 Å². The number of hydrogen-bond donors (Lipinski definition) is 2. The largest absolute Gasteiger partial charge is 0.409 e. The smallest absolute Gasteiger partial charge is 0.170 e. The SMILES string of the molecule is Cn1nnc2cc(/C(N)=N/O)ccc21. The highest BCUT2D eigenvalue weighted by Gasteiger charge is 2.04. The van der Waals surface area contributed by atoms with Gasteiger partial charge in [0.05, 0.1) is 5.52 Å². The Kier molecular flexibility index (Phi) is 1.81. The molecule has 2 rings (SSSR count). The number of rotatable bonds is 1. The van der Waals surface area contributed by atoms with E-state index in [2.05, 4.69) is 15.5 Å². The number of hydrogen-bond acceptors (Lipinski definition) is 4. The average molecular weight is 191 g/mol. The van der Waals surface area contributed by atoms with E-state index in [1.54, 1.807) is 23.9 Å². The average Bonchev–Trinajstić information content (AvgIpc) is 2.59. The highest BCUT2D eigenvalue weighted by molar-refractivity contribution is 5.99. The highest BCUT2D eigenvalue weighted by Crippen LogP contribution is 2.11. The summed E-state index contributed by atoms with van der Waals surface area (Å²) in [5, 5.41) is 19.2. The standard InChI is InChI=1S/C8H9N5O/c1-13-7-3-2-5(8(9)11-14)4-6(7)10-12-13/h2-4,14H,1H3,(H2,9,11). The molecule has 3 N–H and O–H groups in total. The Balaban J connectivity index is 2.63. The molecule has 0 spiro atoms. The van der Waals surface area contributed by atoms with Crippen LogP contribution in [0.4, 0.5) is 0 Å². The highest BCUT2D eigenvalue weighted by atomic mass is 16.4. The number of aryl methyl sites for hydroxylation is 1. The summed E-state index contributed by atoms with van der Waals surface area (Å²) in [6.45, 7) is 0. The van der Waals surface area contributed by atoms with E-state index in [9.17, 15) is 0 Å². The molecule has 2 aromatic rings. The fourth-order valence-electron chi connectivity index (χ4n) is 1.26. The zero-order valence-corrected chi connectivity index (χ0v) is 7.55. The van der Waals surface area contributed by atoms with E-state index >= 15 is 0 Å². The number of oxime groups is 1. The Morgan fingerprint density at radius 1 is 1.57 bits per heavy atom. The van der Waals surface area contributed by atoms with Gasteiger partial charge in [0, 0.05) is 12.6 Å². The quantitative estimate of drug-likeness (QED) is 0.289. The first-order chi connectivity index (χ1) is 6.72. The molecule has 0 unspecified atom stereocenters. The van der Waals surface area contributed by atoms with Crippen molar-refractivity contribution in [1.29, 1.82) is 0 Å². The number of nitrogens with two attached hydrogens (primary N) is 1. The van der Waals surface area contributed by atoms with Crippen molar-refractivity contribution < 1.29 is 5.21 Å². The fourth-order valence-corrected chi connectivity index (χ4v) is 1.26. The normalized spacial score (nSPS) is 12.2. The van der Waals surface area contributed by atoms with Crippen molar-refractivity contribution in [2.45, 2.75) is 0 Å². The van der Waals surface area contributed by atoms with E-state index < -0.39 is 0 Å². The van der Waals surface area contributed by atoms with Crippen LogP contribution in [0.25, 0.3) is 11.0 Å². The summed E-state index contributed by atoms with van der Waals surface area (Å²) in [5.74, 6) is 0.0672. The van der Waals surface area contributed by atoms with Crippen LogP contribution in [-0.4, -0.2) is 26.0 Å². The molecule has 6 heteroatoms. The Hall–Kier alpha value is -2.11. The third-order valence-corrected chi connectivity index (χ3v) is 2.01. The number of nitrogens with zero attached hydrogens (tertiary/aromatic N) is 4. The van der Waals surface area contributed by atoms with Crippen LogP contribution in [0, 0.1) is 0 Å². The van der Waals surface area contributed by atoms with E-state index in [1.165, 1.54) is 0 Å². The molecule has 0 bridgehead atoms. The molecule has 0 saturated carbocycles. The van der Waals surface area contributed by atoms with Crippen LogP contribution in [0.2, 0.25) is 0 Å². The molecule has 6 nitrogen and oxygen atoms in total. The molecule has 0 aliphatic heterocycles. The van der Waals surface area contributed by atoms with Crippen molar-refractivity contribution in [2.24, 2.45) is 17.9 Å². The minimum Gasteiger partial charge on any atom is -0.409 e. The second kappa shape index (κ2) is 2.99. The second-order valence-corrected chi connectivity index (χ2v) is 2.90. The Morgan fingerprint density at radius 3 is 3.07 bits per heavy atom. The lowest BCUT2D eigenvalue weighted by Gasteiger charge is -1.97. The summed E-state index contributed by atoms with van der Waals surface area (Å²) in [7, 11) is 1.80. The van der Waals surface area contributed by atoms with E-state index in [0.717, 1.165) is 11.0 Å². The van der Waals surface area contributed by atoms with Crippen LogP contribution in [0.15, 0.2) is 23.4 Å². The fraction of sp³-hybridized carbons (Fsp3) is 0.125. The van der Waals surface area contributed by atoms with E-state index in [4.69, 9.17) is 10.9 Å². The molecule has 0 fully saturated rings. The molecule has 0 aliphatic rings. The molecule has 0 atom stereocenters. The number of amidine groups is 1. The Labute approximate surface area is 79.6 Å².